The second-order valence-electron chi connectivity index (χ2n) is 5.80. The van der Waals surface area contributed by atoms with Crippen molar-refractivity contribution in [3.05, 3.63) is 24.0 Å². The van der Waals surface area contributed by atoms with Crippen LogP contribution in [0.2, 0.25) is 0 Å². The number of halogens is 3. The van der Waals surface area contributed by atoms with Crippen molar-refractivity contribution in [2.45, 2.75) is 45.5 Å². The summed E-state index contributed by atoms with van der Waals surface area (Å²) in [5.41, 5.74) is -0.0854. The van der Waals surface area contributed by atoms with Gasteiger partial charge in [0.25, 0.3) is 0 Å². The minimum absolute atomic E-state index is 0.240. The van der Waals surface area contributed by atoms with Crippen molar-refractivity contribution in [1.82, 2.24) is 10.3 Å². The highest BCUT2D eigenvalue weighted by Gasteiger charge is 2.33. The summed E-state index contributed by atoms with van der Waals surface area (Å²) in [6, 6.07) is 3.17. The van der Waals surface area contributed by atoms with Gasteiger partial charge in [0.2, 0.25) is 0 Å². The molecule has 0 amide bonds. The fraction of sp³-hybridized carbons (Fsp3) is 0.667. The van der Waals surface area contributed by atoms with Gasteiger partial charge in [0.15, 0.2) is 0 Å². The molecular formula is C15H22F3N3. The molecule has 118 valence electrons. The van der Waals surface area contributed by atoms with Crippen LogP contribution in [0, 0.1) is 5.92 Å². The minimum atomic E-state index is -4.38. The summed E-state index contributed by atoms with van der Waals surface area (Å²) in [6.07, 6.45) is -1.98. The number of anilines is 1. The zero-order valence-electron chi connectivity index (χ0n) is 12.6. The molecule has 1 aromatic heterocycles. The molecule has 0 aromatic carbocycles. The van der Waals surface area contributed by atoms with Crippen LogP contribution < -0.4 is 10.2 Å². The van der Waals surface area contributed by atoms with Gasteiger partial charge in [-0.25, -0.2) is 4.98 Å². The Kier molecular flexibility index (Phi) is 4.76. The average Bonchev–Trinajstić information content (AvgIpc) is 2.46. The number of hydrogen-bond acceptors (Lipinski definition) is 3. The molecule has 3 atom stereocenters. The average molecular weight is 301 g/mol. The van der Waals surface area contributed by atoms with Crippen molar-refractivity contribution in [2.24, 2.45) is 5.92 Å². The highest BCUT2D eigenvalue weighted by molar-refractivity contribution is 5.46. The van der Waals surface area contributed by atoms with Gasteiger partial charge >= 0.3 is 6.18 Å². The molecule has 0 spiro atoms. The summed E-state index contributed by atoms with van der Waals surface area (Å²) in [7, 11) is 0. The van der Waals surface area contributed by atoms with E-state index in [-0.39, 0.29) is 6.04 Å². The molecule has 0 saturated carbocycles. The highest BCUT2D eigenvalue weighted by atomic mass is 19.4. The summed E-state index contributed by atoms with van der Waals surface area (Å²) < 4.78 is 37.7. The molecule has 3 nitrogen and oxygen atoms in total. The maximum atomic E-state index is 12.6. The van der Waals surface area contributed by atoms with Crippen LogP contribution >= 0.6 is 0 Å². The van der Waals surface area contributed by atoms with Gasteiger partial charge in [0, 0.05) is 25.2 Å². The van der Waals surface area contributed by atoms with Gasteiger partial charge in [-0.3, -0.25) is 0 Å². The Morgan fingerprint density at radius 1 is 1.43 bits per heavy atom. The van der Waals surface area contributed by atoms with E-state index < -0.39 is 11.9 Å². The van der Waals surface area contributed by atoms with Gasteiger partial charge in [-0.15, -0.1) is 0 Å². The van der Waals surface area contributed by atoms with Crippen molar-refractivity contribution in [2.75, 3.05) is 18.0 Å². The van der Waals surface area contributed by atoms with Crippen LogP contribution in [0.5, 0.6) is 0 Å². The Morgan fingerprint density at radius 3 is 2.67 bits per heavy atom. The summed E-state index contributed by atoms with van der Waals surface area (Å²) in [6.45, 7) is 8.03. The van der Waals surface area contributed by atoms with E-state index in [0.717, 1.165) is 31.3 Å². The van der Waals surface area contributed by atoms with E-state index in [1.165, 1.54) is 12.3 Å². The topological polar surface area (TPSA) is 28.2 Å². The molecule has 1 N–H and O–H groups in total. The molecule has 1 fully saturated rings. The molecule has 1 aromatic rings. The monoisotopic (exact) mass is 301 g/mol. The molecule has 3 unspecified atom stereocenters. The lowest BCUT2D eigenvalue weighted by atomic mass is 9.95. The van der Waals surface area contributed by atoms with Crippen LogP contribution in [-0.2, 0) is 6.18 Å². The van der Waals surface area contributed by atoms with Crippen LogP contribution in [-0.4, -0.2) is 30.2 Å². The number of pyridine rings is 1. The summed E-state index contributed by atoms with van der Waals surface area (Å²) in [5, 5.41) is 3.51. The maximum Gasteiger partial charge on any atom is 0.433 e. The largest absolute Gasteiger partial charge is 0.433 e. The first-order valence-corrected chi connectivity index (χ1v) is 7.36. The molecule has 0 aliphatic carbocycles. The van der Waals surface area contributed by atoms with Crippen molar-refractivity contribution in [3.63, 3.8) is 0 Å². The number of nitrogens with one attached hydrogen (secondary N) is 1. The van der Waals surface area contributed by atoms with E-state index in [4.69, 9.17) is 0 Å². The van der Waals surface area contributed by atoms with E-state index in [2.05, 4.69) is 36.0 Å². The SMILES string of the molecule is CCC(C)C1CN(c2ccc(C(F)(F)F)nc2)C(C)CN1. The fourth-order valence-electron chi connectivity index (χ4n) is 2.64. The molecule has 2 rings (SSSR count). The van der Waals surface area contributed by atoms with Gasteiger partial charge in [0.1, 0.15) is 5.69 Å². The minimum Gasteiger partial charge on any atom is -0.365 e. The van der Waals surface area contributed by atoms with Crippen molar-refractivity contribution >= 4 is 5.69 Å². The Labute approximate surface area is 123 Å². The standard InChI is InChI=1S/C15H22F3N3/c1-4-10(2)13-9-21(11(3)7-19-13)12-5-6-14(20-8-12)15(16,17)18/h5-6,8,10-11,13,19H,4,7,9H2,1-3H3. The zero-order chi connectivity index (χ0) is 15.6. The molecule has 0 radical (unpaired) electrons. The number of nitrogens with zero attached hydrogens (tertiary/aromatic N) is 2. The van der Waals surface area contributed by atoms with Gasteiger partial charge in [0.05, 0.1) is 11.9 Å². The maximum absolute atomic E-state index is 12.6. The van der Waals surface area contributed by atoms with E-state index >= 15 is 0 Å². The second-order valence-corrected chi connectivity index (χ2v) is 5.80. The second kappa shape index (κ2) is 6.22. The molecule has 6 heteroatoms. The normalized spacial score (nSPS) is 25.0. The van der Waals surface area contributed by atoms with Crippen LogP contribution in [0.15, 0.2) is 18.3 Å². The van der Waals surface area contributed by atoms with Gasteiger partial charge in [-0.05, 0) is 25.0 Å². The number of piperazine rings is 1. The Bertz CT molecular complexity index is 458. The third-order valence-corrected chi connectivity index (χ3v) is 4.30. The summed E-state index contributed by atoms with van der Waals surface area (Å²) in [5.74, 6) is 0.530. The van der Waals surface area contributed by atoms with E-state index in [9.17, 15) is 13.2 Å². The molecule has 2 heterocycles. The number of rotatable bonds is 3. The number of alkyl halides is 3. The van der Waals surface area contributed by atoms with Crippen LogP contribution in [0.4, 0.5) is 18.9 Å². The van der Waals surface area contributed by atoms with Crippen molar-refractivity contribution in [1.29, 1.82) is 0 Å². The molecule has 0 bridgehead atoms. The molecule has 1 aliphatic heterocycles. The first-order chi connectivity index (χ1) is 9.82. The first-order valence-electron chi connectivity index (χ1n) is 7.36. The quantitative estimate of drug-likeness (QED) is 0.928. The molecular weight excluding hydrogens is 279 g/mol. The number of aromatic nitrogens is 1. The smallest absolute Gasteiger partial charge is 0.365 e. The van der Waals surface area contributed by atoms with Crippen molar-refractivity contribution in [3.8, 4) is 0 Å². The fourth-order valence-corrected chi connectivity index (χ4v) is 2.64. The van der Waals surface area contributed by atoms with E-state index in [1.807, 2.05) is 0 Å². The first kappa shape index (κ1) is 16.1. The van der Waals surface area contributed by atoms with Crippen molar-refractivity contribution < 1.29 is 13.2 Å². The molecule has 1 saturated heterocycles. The zero-order valence-corrected chi connectivity index (χ0v) is 12.6. The third kappa shape index (κ3) is 3.67. The Morgan fingerprint density at radius 2 is 2.14 bits per heavy atom. The summed E-state index contributed by atoms with van der Waals surface area (Å²) in [4.78, 5) is 5.70. The predicted molar refractivity (Wildman–Crippen MR) is 77.3 cm³/mol. The Hall–Kier alpha value is -1.30. The van der Waals surface area contributed by atoms with Gasteiger partial charge in [-0.1, -0.05) is 20.3 Å². The Balaban J connectivity index is 2.15. The lowest BCUT2D eigenvalue weighted by molar-refractivity contribution is -0.141. The van der Waals surface area contributed by atoms with E-state index in [1.54, 1.807) is 0 Å². The van der Waals surface area contributed by atoms with Crippen LogP contribution in [0.1, 0.15) is 32.9 Å². The van der Waals surface area contributed by atoms with E-state index in [0.29, 0.717) is 12.0 Å². The lowest BCUT2D eigenvalue weighted by Gasteiger charge is -2.42. The summed E-state index contributed by atoms with van der Waals surface area (Å²) >= 11 is 0. The van der Waals surface area contributed by atoms with Gasteiger partial charge < -0.3 is 10.2 Å². The number of hydrogen-bond donors (Lipinski definition) is 1. The van der Waals surface area contributed by atoms with Crippen LogP contribution in [0.25, 0.3) is 0 Å². The molecule has 1 aliphatic rings. The molecule has 21 heavy (non-hydrogen) atoms. The predicted octanol–water partition coefficient (Wildman–Crippen LogP) is 3.31. The lowest BCUT2D eigenvalue weighted by Crippen LogP contribution is -2.57. The van der Waals surface area contributed by atoms with Gasteiger partial charge in [-0.2, -0.15) is 13.2 Å². The highest BCUT2D eigenvalue weighted by Crippen LogP contribution is 2.29. The third-order valence-electron chi connectivity index (χ3n) is 4.30. The van der Waals surface area contributed by atoms with Crippen LogP contribution in [0.3, 0.4) is 0 Å².